The molecule has 2 rings (SSSR count). The van der Waals surface area contributed by atoms with Crippen LogP contribution in [0.4, 0.5) is 0 Å². The first kappa shape index (κ1) is 15.7. The second-order valence-corrected chi connectivity index (χ2v) is 5.18. The van der Waals surface area contributed by atoms with Gasteiger partial charge < -0.3 is 14.8 Å². The van der Waals surface area contributed by atoms with Crippen molar-refractivity contribution in [3.05, 3.63) is 42.0 Å². The summed E-state index contributed by atoms with van der Waals surface area (Å²) in [6.45, 7) is 1.07. The van der Waals surface area contributed by atoms with E-state index < -0.39 is 0 Å². The van der Waals surface area contributed by atoms with E-state index in [4.69, 9.17) is 9.47 Å². The molecule has 1 aliphatic carbocycles. The molecule has 1 atom stereocenters. The van der Waals surface area contributed by atoms with Crippen LogP contribution in [0.15, 0.2) is 36.4 Å². The van der Waals surface area contributed by atoms with Gasteiger partial charge in [-0.2, -0.15) is 0 Å². The lowest BCUT2D eigenvalue weighted by Gasteiger charge is -2.23. The van der Waals surface area contributed by atoms with E-state index in [1.165, 1.54) is 11.1 Å². The highest BCUT2D eigenvalue weighted by atomic mass is 16.5. The summed E-state index contributed by atoms with van der Waals surface area (Å²) in [5, 5.41) is 3.02. The number of rotatable bonds is 7. The van der Waals surface area contributed by atoms with Crippen molar-refractivity contribution in [3.63, 3.8) is 0 Å². The van der Waals surface area contributed by atoms with Crippen molar-refractivity contribution in [2.45, 2.75) is 25.3 Å². The molecule has 0 spiro atoms. The molecule has 21 heavy (non-hydrogen) atoms. The van der Waals surface area contributed by atoms with E-state index in [1.807, 2.05) is 6.07 Å². The zero-order valence-corrected chi connectivity index (χ0v) is 12.5. The Morgan fingerprint density at radius 3 is 2.76 bits per heavy atom. The molecule has 1 aromatic rings. The third kappa shape index (κ3) is 5.33. The van der Waals surface area contributed by atoms with Crippen LogP contribution >= 0.6 is 0 Å². The fraction of sp³-hybridized carbons (Fsp3) is 0.471. The highest BCUT2D eigenvalue weighted by Gasteiger charge is 2.17. The molecule has 0 heterocycles. The number of ether oxygens (including phenoxy) is 2. The highest BCUT2D eigenvalue weighted by Crippen LogP contribution is 2.26. The largest absolute Gasteiger partial charge is 0.382 e. The molecular weight excluding hydrogens is 266 g/mol. The summed E-state index contributed by atoms with van der Waals surface area (Å²) < 4.78 is 10.1. The Hall–Kier alpha value is -1.65. The van der Waals surface area contributed by atoms with Gasteiger partial charge in [-0.05, 0) is 30.4 Å². The van der Waals surface area contributed by atoms with Crippen molar-refractivity contribution in [3.8, 4) is 0 Å². The van der Waals surface area contributed by atoms with Crippen LogP contribution < -0.4 is 5.32 Å². The molecule has 1 N–H and O–H groups in total. The molecule has 1 amide bonds. The van der Waals surface area contributed by atoms with Gasteiger partial charge in [-0.3, -0.25) is 4.79 Å². The Bertz CT molecular complexity index is 470. The predicted octanol–water partition coefficient (Wildman–Crippen LogP) is 2.40. The van der Waals surface area contributed by atoms with Gasteiger partial charge >= 0.3 is 0 Å². The third-order valence-corrected chi connectivity index (χ3v) is 3.59. The fourth-order valence-corrected chi connectivity index (χ4v) is 2.46. The lowest BCUT2D eigenvalue weighted by atomic mass is 9.91. The van der Waals surface area contributed by atoms with Crippen LogP contribution in [0.1, 0.15) is 24.8 Å². The van der Waals surface area contributed by atoms with Crippen molar-refractivity contribution in [1.82, 2.24) is 5.32 Å². The number of carbonyl (C=O) groups excluding carboxylic acids is 1. The first-order chi connectivity index (χ1) is 10.3. The second kappa shape index (κ2) is 8.60. The maximum atomic E-state index is 11.7. The molecule has 114 valence electrons. The molecule has 0 fully saturated rings. The van der Waals surface area contributed by atoms with Crippen molar-refractivity contribution < 1.29 is 14.3 Å². The van der Waals surface area contributed by atoms with Gasteiger partial charge in [0.1, 0.15) is 6.61 Å². The first-order valence-electron chi connectivity index (χ1n) is 7.40. The van der Waals surface area contributed by atoms with E-state index in [-0.39, 0.29) is 18.6 Å². The summed E-state index contributed by atoms with van der Waals surface area (Å²) in [5.41, 5.74) is 2.66. The number of carbonyl (C=O) groups is 1. The standard InChI is InChI=1S/C17H23NO3/c1-20-11-12-21-13-17(19)18-16-9-7-15(8-10-16)14-5-3-2-4-6-14/h2-7,16H,8-13H2,1H3,(H,18,19). The minimum atomic E-state index is -0.0485. The summed E-state index contributed by atoms with van der Waals surface area (Å²) in [4.78, 5) is 11.7. The van der Waals surface area contributed by atoms with Crippen molar-refractivity contribution in [2.24, 2.45) is 0 Å². The van der Waals surface area contributed by atoms with Crippen LogP contribution in [-0.2, 0) is 14.3 Å². The quantitative estimate of drug-likeness (QED) is 0.784. The molecule has 1 aliphatic rings. The average Bonchev–Trinajstić information content (AvgIpc) is 2.53. The summed E-state index contributed by atoms with van der Waals surface area (Å²) in [6, 6.07) is 10.6. The summed E-state index contributed by atoms with van der Waals surface area (Å²) >= 11 is 0. The van der Waals surface area contributed by atoms with E-state index >= 15 is 0 Å². The number of methoxy groups -OCH3 is 1. The van der Waals surface area contributed by atoms with Crippen LogP contribution in [0, 0.1) is 0 Å². The van der Waals surface area contributed by atoms with Crippen LogP contribution in [0.5, 0.6) is 0 Å². The number of hydrogen-bond acceptors (Lipinski definition) is 3. The Kier molecular flexibility index (Phi) is 6.44. The van der Waals surface area contributed by atoms with E-state index in [9.17, 15) is 4.79 Å². The summed E-state index contributed by atoms with van der Waals surface area (Å²) in [7, 11) is 1.61. The number of nitrogens with one attached hydrogen (secondary N) is 1. The lowest BCUT2D eigenvalue weighted by molar-refractivity contribution is -0.126. The first-order valence-corrected chi connectivity index (χ1v) is 7.40. The number of benzene rings is 1. The van der Waals surface area contributed by atoms with Gasteiger partial charge in [-0.1, -0.05) is 36.4 Å². The van der Waals surface area contributed by atoms with Crippen LogP contribution in [0.2, 0.25) is 0 Å². The maximum Gasteiger partial charge on any atom is 0.246 e. The number of allylic oxidation sites excluding steroid dienone is 1. The highest BCUT2D eigenvalue weighted by molar-refractivity contribution is 5.77. The normalized spacial score (nSPS) is 18.1. The van der Waals surface area contributed by atoms with Crippen LogP contribution in [0.3, 0.4) is 0 Å². The molecule has 0 radical (unpaired) electrons. The Morgan fingerprint density at radius 1 is 1.29 bits per heavy atom. The minimum Gasteiger partial charge on any atom is -0.382 e. The predicted molar refractivity (Wildman–Crippen MR) is 82.9 cm³/mol. The van der Waals surface area contributed by atoms with Gasteiger partial charge in [-0.25, -0.2) is 0 Å². The van der Waals surface area contributed by atoms with Gasteiger partial charge in [0.05, 0.1) is 13.2 Å². The molecule has 1 unspecified atom stereocenters. The van der Waals surface area contributed by atoms with Crippen LogP contribution in [0.25, 0.3) is 5.57 Å². The maximum absolute atomic E-state index is 11.7. The van der Waals surface area contributed by atoms with Gasteiger partial charge in [-0.15, -0.1) is 0 Å². The van der Waals surface area contributed by atoms with E-state index in [0.717, 1.165) is 19.3 Å². The Balaban J connectivity index is 1.73. The Labute approximate surface area is 126 Å². The molecule has 0 aliphatic heterocycles. The van der Waals surface area contributed by atoms with Crippen LogP contribution in [-0.4, -0.2) is 38.9 Å². The fourth-order valence-electron chi connectivity index (χ4n) is 2.46. The van der Waals surface area contributed by atoms with E-state index in [1.54, 1.807) is 7.11 Å². The van der Waals surface area contributed by atoms with Crippen molar-refractivity contribution >= 4 is 11.5 Å². The third-order valence-electron chi connectivity index (χ3n) is 3.59. The monoisotopic (exact) mass is 289 g/mol. The lowest BCUT2D eigenvalue weighted by Crippen LogP contribution is -2.38. The number of amides is 1. The molecular formula is C17H23NO3. The summed E-state index contributed by atoms with van der Waals surface area (Å²) in [6.07, 6.45) is 5.09. The topological polar surface area (TPSA) is 47.6 Å². The van der Waals surface area contributed by atoms with Crippen molar-refractivity contribution in [2.75, 3.05) is 26.9 Å². The van der Waals surface area contributed by atoms with Crippen molar-refractivity contribution in [1.29, 1.82) is 0 Å². The Morgan fingerprint density at radius 2 is 2.10 bits per heavy atom. The zero-order valence-electron chi connectivity index (χ0n) is 12.5. The van der Waals surface area contributed by atoms with Gasteiger partial charge in [0.15, 0.2) is 0 Å². The van der Waals surface area contributed by atoms with Gasteiger partial charge in [0.2, 0.25) is 5.91 Å². The molecule has 4 nitrogen and oxygen atoms in total. The molecule has 0 bridgehead atoms. The van der Waals surface area contributed by atoms with Gasteiger partial charge in [0, 0.05) is 13.2 Å². The molecule has 0 saturated carbocycles. The minimum absolute atomic E-state index is 0.0485. The number of hydrogen-bond donors (Lipinski definition) is 1. The molecule has 1 aromatic carbocycles. The average molecular weight is 289 g/mol. The van der Waals surface area contributed by atoms with E-state index in [0.29, 0.717) is 13.2 Å². The molecule has 0 saturated heterocycles. The summed E-state index contributed by atoms with van der Waals surface area (Å²) in [5.74, 6) is -0.0485. The zero-order chi connectivity index (χ0) is 14.9. The molecule has 0 aromatic heterocycles. The molecule has 4 heteroatoms. The smallest absolute Gasteiger partial charge is 0.246 e. The SMILES string of the molecule is COCCOCC(=O)NC1CC=C(c2ccccc2)CC1. The second-order valence-electron chi connectivity index (χ2n) is 5.18. The van der Waals surface area contributed by atoms with Gasteiger partial charge in [0.25, 0.3) is 0 Å². The van der Waals surface area contributed by atoms with E-state index in [2.05, 4.69) is 35.7 Å².